The minimum Gasteiger partial charge on any atom is -0.726 e. The Kier molecular flexibility index (Phi) is 35.0. The zero-order chi connectivity index (χ0) is 69.0. The molecule has 93 heavy (non-hydrogen) atoms. The second kappa shape index (κ2) is 39.6. The van der Waals surface area contributed by atoms with Crippen molar-refractivity contribution in [2.75, 3.05) is 69.6 Å². The maximum atomic E-state index is 13.3. The predicted octanol–water partition coefficient (Wildman–Crippen LogP) is -12.2. The molecule has 2 N–H and O–H groups in total. The third-order valence-corrected chi connectivity index (χ3v) is 16.2. The van der Waals surface area contributed by atoms with Crippen LogP contribution in [0, 0.1) is 0 Å². The highest BCUT2D eigenvalue weighted by Crippen LogP contribution is 2.42. The first-order valence-corrected chi connectivity index (χ1v) is 31.5. The Bertz CT molecular complexity index is 2560. The predicted molar refractivity (Wildman–Crippen MR) is 258 cm³/mol. The van der Waals surface area contributed by atoms with E-state index in [1.165, 1.54) is 0 Å². The Hall–Kier alpha value is -1.37. The average Bonchev–Trinajstić information content (AvgIpc) is 0.772. The van der Waals surface area contributed by atoms with E-state index in [0.29, 0.717) is 0 Å². The first kappa shape index (κ1) is 82.3. The molecule has 0 bridgehead atoms. The number of rotatable bonds is 42. The summed E-state index contributed by atoms with van der Waals surface area (Å²) in [6.07, 6.45) is -48.8. The van der Waals surface area contributed by atoms with E-state index in [2.05, 4.69) is 50.0 Å². The first-order valence-electron chi connectivity index (χ1n) is 24.8. The number of aliphatic carboxylic acids is 2. The Morgan fingerprint density at radius 2 is 0.656 bits per heavy atom. The largest absolute Gasteiger partial charge is 0.726 e. The van der Waals surface area contributed by atoms with Crippen molar-refractivity contribution in [2.24, 2.45) is 5.73 Å². The monoisotopic (exact) mass is 1500 g/mol. The summed E-state index contributed by atoms with van der Waals surface area (Å²) in [6.45, 7) is -3.88. The van der Waals surface area contributed by atoms with Crippen molar-refractivity contribution in [3.8, 4) is 0 Å². The number of ether oxygens (including phenoxy) is 16. The van der Waals surface area contributed by atoms with Crippen LogP contribution in [0.2, 0.25) is 0 Å². The number of carbonyl (C=O) groups excluding carboxylic acids is 2. The molecule has 49 nitrogen and oxygen atoms in total. The molecule has 0 radical (unpaired) electrons. The summed E-state index contributed by atoms with van der Waals surface area (Å²) >= 11 is -1.28. The summed E-state index contributed by atoms with van der Waals surface area (Å²) in [5.41, 5.74) is 6.41. The van der Waals surface area contributed by atoms with Crippen molar-refractivity contribution in [2.45, 2.75) is 153 Å². The van der Waals surface area contributed by atoms with Crippen molar-refractivity contribution in [1.82, 2.24) is 0 Å². The van der Waals surface area contributed by atoms with Gasteiger partial charge in [-0.15, -0.1) is 17.3 Å². The number of carbonyl (C=O) groups is 2. The van der Waals surface area contributed by atoms with Gasteiger partial charge in [0.2, 0.25) is 31.2 Å². The van der Waals surface area contributed by atoms with Crippen LogP contribution >= 0.6 is 49.3 Å². The highest BCUT2D eigenvalue weighted by Gasteiger charge is 2.60. The second-order valence-electron chi connectivity index (χ2n) is 18.2. The van der Waals surface area contributed by atoms with E-state index in [0.717, 1.165) is 49.8 Å². The maximum Gasteiger partial charge on any atom is 0.217 e. The first-order chi connectivity index (χ1) is 44.1. The van der Waals surface area contributed by atoms with Gasteiger partial charge in [0.25, 0.3) is 0 Å². The van der Waals surface area contributed by atoms with Gasteiger partial charge in [0.1, 0.15) is 104 Å². The molecule has 0 aromatic carbocycles. The number of hydrogen-bond acceptors (Lipinski definition) is 53. The molecular weight excluding hydrogens is 1450 g/mol. The standard InChI is InChI=1S/C37H63NO48S7/c1-56-15-11(8-63-91(47,48)49)66-33(14(38)18(15)57-2)71-21-19(58-3)27(60-5)35(73-25(21)31(39)40)70-17-13(10-65-93(53,54)55)68-37(30(78-90-86-82-46)24(17)76-88-84-80-44)72-22-20(59-4)28(61-6)36(74-26(22)32(41)42)69-16-12(9-64-92(50,51)52)67-34(62-7)29(77-89-85-81-45)23(16)75-87-83-79-43/h11-30,33-37,43-46H,8-10,38H2,1-7H3,(H,39,40)(H,41,42)(H,47,48,49)(H,50,51,52)(H,53,54,55)/p-9/t11?,12?,13-,14?,15-,16+,17+,18+,19-,20?,21-,22-,23-,24?,25?,26+,27?,28?,29?,30?,33-,34-,35+,36-,37+/m0/s1. The zero-order valence-corrected chi connectivity index (χ0v) is 53.3. The van der Waals surface area contributed by atoms with E-state index >= 15 is 0 Å². The Balaban J connectivity index is 1.58. The molecule has 0 aromatic rings. The summed E-state index contributed by atoms with van der Waals surface area (Å²) in [7, 11) is -9.83. The number of carboxylic acids is 2. The molecule has 0 amide bonds. The second-order valence-corrected chi connectivity index (χ2v) is 23.2. The smallest absolute Gasteiger partial charge is 0.217 e. The van der Waals surface area contributed by atoms with Crippen molar-refractivity contribution >= 4 is 92.4 Å². The summed E-state index contributed by atoms with van der Waals surface area (Å²) in [6, 6.07) is -1.47. The van der Waals surface area contributed by atoms with Gasteiger partial charge in [0.15, 0.2) is 93.0 Å². The van der Waals surface area contributed by atoms with Crippen molar-refractivity contribution in [3.05, 3.63) is 0 Å². The molecule has 56 heteroatoms. The van der Waals surface area contributed by atoms with Gasteiger partial charge in [-0.1, -0.05) is 0 Å². The normalized spacial score (nSPS) is 37.2. The number of nitrogens with two attached hydrogens (primary N) is 1. The SMILES string of the molecule is COC1C(OC)[C@H](O[C@H]2O[C@@H](COS(=O)(=O)[O-])[C@@H](O[C@@H]3OC(C(=O)[O-])[C@@H](O[C@@H]4OC(COS(=O)(=O)[O-])[C@H](OC)[C@H](OC)C4N)[C@H](OC)C3OC)C(OSOO[O-])C2OSOO[O-])[C@H](C(=O)[O-])O[C@@H]1O[C@@H]1C(COS(=O)(=O)[O-])O[C@H](OC)C(OSOO[O-])[C@H]1OSOO[O-]. The molecule has 5 fully saturated rings. The molecular formula is C37H54NO48S7-9. The summed E-state index contributed by atoms with van der Waals surface area (Å²) in [4.78, 5) is 26.4. The molecule has 0 saturated carbocycles. The molecule has 25 atom stereocenters. The van der Waals surface area contributed by atoms with Gasteiger partial charge in [0.05, 0.1) is 37.8 Å². The van der Waals surface area contributed by atoms with Crippen LogP contribution in [0.25, 0.3) is 0 Å². The average molecular weight is 1510 g/mol. The fourth-order valence-electron chi connectivity index (χ4n) is 9.75. The lowest BCUT2D eigenvalue weighted by atomic mass is 9.94. The number of hydrogen-bond donors (Lipinski definition) is 1. The molecule has 0 aliphatic carbocycles. The molecule has 5 heterocycles. The molecule has 0 spiro atoms. The quantitative estimate of drug-likeness (QED) is 0.0148. The van der Waals surface area contributed by atoms with Gasteiger partial charge in [-0.2, -0.15) is 0 Å². The van der Waals surface area contributed by atoms with Crippen LogP contribution in [0.4, 0.5) is 0 Å². The van der Waals surface area contributed by atoms with Crippen LogP contribution in [-0.2, 0) is 183 Å². The van der Waals surface area contributed by atoms with Crippen LogP contribution in [0.3, 0.4) is 0 Å². The fourth-order valence-corrected chi connectivity index (χ4v) is 12.1. The lowest BCUT2D eigenvalue weighted by molar-refractivity contribution is -0.778. The summed E-state index contributed by atoms with van der Waals surface area (Å²) in [5.74, 6) is -4.40. The summed E-state index contributed by atoms with van der Waals surface area (Å²) in [5, 5.41) is 83.4. The van der Waals surface area contributed by atoms with E-state index in [9.17, 15) is 79.7 Å². The van der Waals surface area contributed by atoms with E-state index in [1.807, 2.05) is 0 Å². The van der Waals surface area contributed by atoms with E-state index in [-0.39, 0.29) is 24.6 Å². The molecule has 0 aromatic heterocycles. The van der Waals surface area contributed by atoms with Crippen LogP contribution in [-0.4, -0.2) is 274 Å². The number of carboxylic acid groups (broad SMARTS) is 2. The van der Waals surface area contributed by atoms with Crippen molar-refractivity contribution in [3.63, 3.8) is 0 Å². The van der Waals surface area contributed by atoms with Gasteiger partial charge in [-0.25, -0.2) is 25.3 Å². The van der Waals surface area contributed by atoms with Crippen LogP contribution < -0.4 is 37.0 Å². The third-order valence-electron chi connectivity index (χ3n) is 13.3. The van der Waals surface area contributed by atoms with Crippen LogP contribution in [0.15, 0.2) is 0 Å². The van der Waals surface area contributed by atoms with Gasteiger partial charge in [-0.3, -0.25) is 49.4 Å². The third kappa shape index (κ3) is 23.3. The van der Waals surface area contributed by atoms with E-state index in [1.54, 1.807) is 0 Å². The van der Waals surface area contributed by atoms with Crippen LogP contribution in [0.1, 0.15) is 0 Å². The van der Waals surface area contributed by atoms with Crippen molar-refractivity contribution in [1.29, 1.82) is 0 Å². The maximum absolute atomic E-state index is 13.3. The molecule has 5 aliphatic rings. The van der Waals surface area contributed by atoms with Gasteiger partial charge >= 0.3 is 0 Å². The lowest BCUT2D eigenvalue weighted by Crippen LogP contribution is -2.70. The fraction of sp³-hybridized carbons (Fsp3) is 0.946. The Labute approximate surface area is 541 Å². The Morgan fingerprint density at radius 3 is 0.978 bits per heavy atom. The van der Waals surface area contributed by atoms with E-state index in [4.69, 9.17) is 98.3 Å². The minimum absolute atomic E-state index is 0.207. The van der Waals surface area contributed by atoms with Gasteiger partial charge in [0, 0.05) is 49.8 Å². The minimum atomic E-state index is -5.83. The topological polar surface area (TPSA) is 656 Å². The molecule has 5 rings (SSSR count). The number of methoxy groups -OCH3 is 7. The highest BCUT2D eigenvalue weighted by molar-refractivity contribution is 7.90. The lowest BCUT2D eigenvalue weighted by Gasteiger charge is -2.52. The van der Waals surface area contributed by atoms with Gasteiger partial charge in [-0.05, 0) is 0 Å². The molecule has 10 unspecified atom stereocenters. The van der Waals surface area contributed by atoms with Crippen LogP contribution in [0.5, 0.6) is 0 Å². The summed E-state index contributed by atoms with van der Waals surface area (Å²) < 4.78 is 250. The van der Waals surface area contributed by atoms with E-state index < -0.39 is 241 Å². The molecule has 5 aliphatic heterocycles. The molecule has 5 saturated heterocycles. The van der Waals surface area contributed by atoms with Crippen molar-refractivity contribution < 1.29 is 222 Å². The highest BCUT2D eigenvalue weighted by atomic mass is 32.3. The van der Waals surface area contributed by atoms with Gasteiger partial charge < -0.3 is 136 Å². The zero-order valence-electron chi connectivity index (χ0n) is 47.6. The molecule has 546 valence electrons. The Morgan fingerprint density at radius 1 is 0.366 bits per heavy atom.